The Balaban J connectivity index is 1.87. The molecule has 1 aromatic carbocycles. The number of amides is 1. The van der Waals surface area contributed by atoms with Gasteiger partial charge in [0.25, 0.3) is 5.91 Å². The Kier molecular flexibility index (Phi) is 5.61. The molecule has 2 heterocycles. The van der Waals surface area contributed by atoms with Gasteiger partial charge in [0.15, 0.2) is 11.5 Å². The lowest BCUT2D eigenvalue weighted by Gasteiger charge is -2.29. The lowest BCUT2D eigenvalue weighted by atomic mass is 10.1. The van der Waals surface area contributed by atoms with E-state index in [9.17, 15) is 18.0 Å². The second-order valence-electron chi connectivity index (χ2n) is 6.18. The number of anilines is 3. The van der Waals surface area contributed by atoms with Crippen molar-refractivity contribution < 1.29 is 22.7 Å². The monoisotopic (exact) mass is 397 g/mol. The van der Waals surface area contributed by atoms with E-state index in [0.717, 1.165) is 12.1 Å². The first-order valence-electron chi connectivity index (χ1n) is 8.32. The van der Waals surface area contributed by atoms with Crippen molar-refractivity contribution in [3.63, 3.8) is 0 Å². The number of nitrogens with one attached hydrogen (secondary N) is 2. The number of ether oxygens (including phenoxy) is 1. The lowest BCUT2D eigenvalue weighted by Crippen LogP contribution is -2.48. The van der Waals surface area contributed by atoms with Crippen molar-refractivity contribution in [1.29, 1.82) is 0 Å². The number of aromatic nitrogens is 3. The van der Waals surface area contributed by atoms with E-state index in [1.165, 1.54) is 12.1 Å². The topological polar surface area (TPSA) is 141 Å². The van der Waals surface area contributed by atoms with E-state index >= 15 is 0 Å². The molecule has 0 saturated carbocycles. The maximum Gasteiger partial charge on any atom is 0.416 e. The zero-order valence-electron chi connectivity index (χ0n) is 14.5. The predicted molar refractivity (Wildman–Crippen MR) is 93.9 cm³/mol. The van der Waals surface area contributed by atoms with Crippen LogP contribution in [0.2, 0.25) is 0 Å². The SMILES string of the molecule is NC(=O)c1nnc(N[C@@H]2CCOC[C@@H]2N)nc1Nc1cccc(C(F)(F)F)c1. The fraction of sp³-hybridized carbons (Fsp3) is 0.375. The molecule has 1 aliphatic heterocycles. The summed E-state index contributed by atoms with van der Waals surface area (Å²) in [5, 5.41) is 13.2. The molecule has 0 bridgehead atoms. The fourth-order valence-corrected chi connectivity index (χ4v) is 2.66. The quantitative estimate of drug-likeness (QED) is 0.591. The minimum absolute atomic E-state index is 0.0572. The Bertz CT molecular complexity index is 862. The lowest BCUT2D eigenvalue weighted by molar-refractivity contribution is -0.137. The summed E-state index contributed by atoms with van der Waals surface area (Å²) >= 11 is 0. The molecule has 1 aromatic heterocycles. The number of alkyl halides is 3. The van der Waals surface area contributed by atoms with Gasteiger partial charge in [0.05, 0.1) is 12.2 Å². The summed E-state index contributed by atoms with van der Waals surface area (Å²) in [4.78, 5) is 15.7. The number of primary amides is 1. The normalized spacial score (nSPS) is 19.9. The first kappa shape index (κ1) is 19.8. The molecule has 12 heteroatoms. The number of halogens is 3. The zero-order valence-corrected chi connectivity index (χ0v) is 14.5. The molecule has 150 valence electrons. The number of benzene rings is 1. The second-order valence-corrected chi connectivity index (χ2v) is 6.18. The van der Waals surface area contributed by atoms with Gasteiger partial charge in [0, 0.05) is 24.4 Å². The van der Waals surface area contributed by atoms with Crippen LogP contribution in [0, 0.1) is 0 Å². The third kappa shape index (κ3) is 4.64. The first-order chi connectivity index (χ1) is 13.2. The van der Waals surface area contributed by atoms with Gasteiger partial charge in [0.1, 0.15) is 0 Å². The number of nitrogens with two attached hydrogens (primary N) is 2. The Morgan fingerprint density at radius 3 is 2.75 bits per heavy atom. The van der Waals surface area contributed by atoms with Gasteiger partial charge in [-0.2, -0.15) is 18.2 Å². The third-order valence-corrected chi connectivity index (χ3v) is 4.09. The Labute approximate surface area is 157 Å². The highest BCUT2D eigenvalue weighted by molar-refractivity contribution is 5.96. The van der Waals surface area contributed by atoms with Crippen molar-refractivity contribution in [3.05, 3.63) is 35.5 Å². The zero-order chi connectivity index (χ0) is 20.3. The highest BCUT2D eigenvalue weighted by atomic mass is 19.4. The molecule has 1 fully saturated rings. The van der Waals surface area contributed by atoms with Crippen LogP contribution in [0.3, 0.4) is 0 Å². The average molecular weight is 397 g/mol. The Hall–Kier alpha value is -2.99. The highest BCUT2D eigenvalue weighted by Crippen LogP contribution is 2.31. The number of carbonyl (C=O) groups excluding carboxylic acids is 1. The van der Waals surface area contributed by atoms with E-state index in [2.05, 4.69) is 25.8 Å². The first-order valence-corrected chi connectivity index (χ1v) is 8.32. The van der Waals surface area contributed by atoms with Crippen LogP contribution in [0.1, 0.15) is 22.5 Å². The van der Waals surface area contributed by atoms with E-state index in [-0.39, 0.29) is 35.2 Å². The van der Waals surface area contributed by atoms with E-state index in [4.69, 9.17) is 16.2 Å². The summed E-state index contributed by atoms with van der Waals surface area (Å²) in [5.74, 6) is -0.990. The van der Waals surface area contributed by atoms with E-state index < -0.39 is 17.6 Å². The molecule has 1 saturated heterocycles. The van der Waals surface area contributed by atoms with Crippen LogP contribution in [0.5, 0.6) is 0 Å². The van der Waals surface area contributed by atoms with Crippen LogP contribution in [0.4, 0.5) is 30.6 Å². The third-order valence-electron chi connectivity index (χ3n) is 4.09. The number of hydrogen-bond acceptors (Lipinski definition) is 8. The van der Waals surface area contributed by atoms with Crippen LogP contribution < -0.4 is 22.1 Å². The van der Waals surface area contributed by atoms with Gasteiger partial charge in [-0.15, -0.1) is 10.2 Å². The molecule has 0 radical (unpaired) electrons. The van der Waals surface area contributed by atoms with Crippen molar-refractivity contribution in [2.75, 3.05) is 23.8 Å². The molecule has 2 atom stereocenters. The van der Waals surface area contributed by atoms with Gasteiger partial charge in [-0.05, 0) is 24.6 Å². The van der Waals surface area contributed by atoms with Crippen LogP contribution in [0.15, 0.2) is 24.3 Å². The van der Waals surface area contributed by atoms with Gasteiger partial charge in [-0.1, -0.05) is 6.07 Å². The number of carbonyl (C=O) groups is 1. The molecule has 0 aliphatic carbocycles. The van der Waals surface area contributed by atoms with Crippen LogP contribution in [-0.4, -0.2) is 46.4 Å². The van der Waals surface area contributed by atoms with Crippen molar-refractivity contribution in [3.8, 4) is 0 Å². The standard InChI is InChI=1S/C16H18F3N7O2/c17-16(18,19)8-2-1-3-9(6-8)22-14-12(13(21)27)25-26-15(24-14)23-11-4-5-28-7-10(11)20/h1-3,6,10-11H,4-5,7,20H2,(H2,21,27)(H2,22,23,24,26)/t10-,11+/m0/s1. The summed E-state index contributed by atoms with van der Waals surface area (Å²) in [6.07, 6.45) is -3.90. The van der Waals surface area contributed by atoms with Gasteiger partial charge in [0.2, 0.25) is 5.95 Å². The molecule has 6 N–H and O–H groups in total. The molecular formula is C16H18F3N7O2. The largest absolute Gasteiger partial charge is 0.416 e. The Morgan fingerprint density at radius 2 is 2.07 bits per heavy atom. The summed E-state index contributed by atoms with van der Waals surface area (Å²) in [5.41, 5.74) is 10.1. The summed E-state index contributed by atoms with van der Waals surface area (Å²) < 4.78 is 44.0. The van der Waals surface area contributed by atoms with Gasteiger partial charge in [-0.25, -0.2) is 0 Å². The number of rotatable bonds is 5. The smallest absolute Gasteiger partial charge is 0.380 e. The van der Waals surface area contributed by atoms with Crippen molar-refractivity contribution >= 4 is 23.4 Å². The van der Waals surface area contributed by atoms with Crippen LogP contribution in [0.25, 0.3) is 0 Å². The molecular weight excluding hydrogens is 379 g/mol. The van der Waals surface area contributed by atoms with Crippen LogP contribution in [-0.2, 0) is 10.9 Å². The molecule has 9 nitrogen and oxygen atoms in total. The minimum atomic E-state index is -4.51. The highest BCUT2D eigenvalue weighted by Gasteiger charge is 2.30. The van der Waals surface area contributed by atoms with Crippen LogP contribution >= 0.6 is 0 Å². The summed E-state index contributed by atoms with van der Waals surface area (Å²) in [7, 11) is 0. The van der Waals surface area contributed by atoms with E-state index in [0.29, 0.717) is 19.6 Å². The van der Waals surface area contributed by atoms with Crippen molar-refractivity contribution in [2.24, 2.45) is 11.5 Å². The fourth-order valence-electron chi connectivity index (χ4n) is 2.66. The van der Waals surface area contributed by atoms with Gasteiger partial charge in [-0.3, -0.25) is 4.79 Å². The second kappa shape index (κ2) is 7.94. The minimum Gasteiger partial charge on any atom is -0.380 e. The number of nitrogens with zero attached hydrogens (tertiary/aromatic N) is 3. The van der Waals surface area contributed by atoms with Crippen molar-refractivity contribution in [1.82, 2.24) is 15.2 Å². The molecule has 2 aromatic rings. The van der Waals surface area contributed by atoms with Crippen molar-refractivity contribution in [2.45, 2.75) is 24.7 Å². The maximum atomic E-state index is 12.9. The van der Waals surface area contributed by atoms with Gasteiger partial charge < -0.3 is 26.8 Å². The molecule has 3 rings (SSSR count). The molecule has 28 heavy (non-hydrogen) atoms. The van der Waals surface area contributed by atoms with E-state index in [1.807, 2.05) is 0 Å². The Morgan fingerprint density at radius 1 is 1.29 bits per heavy atom. The van der Waals surface area contributed by atoms with E-state index in [1.54, 1.807) is 0 Å². The molecule has 1 aliphatic rings. The van der Waals surface area contributed by atoms with Gasteiger partial charge >= 0.3 is 6.18 Å². The average Bonchev–Trinajstić information content (AvgIpc) is 2.63. The molecule has 1 amide bonds. The molecule has 0 spiro atoms. The maximum absolute atomic E-state index is 12.9. The molecule has 0 unspecified atom stereocenters. The summed E-state index contributed by atoms with van der Waals surface area (Å²) in [6, 6.07) is 3.95. The number of hydrogen-bond donors (Lipinski definition) is 4. The summed E-state index contributed by atoms with van der Waals surface area (Å²) in [6.45, 7) is 0.868. The predicted octanol–water partition coefficient (Wildman–Crippen LogP) is 1.26.